The van der Waals surface area contributed by atoms with Crippen molar-refractivity contribution in [2.75, 3.05) is 7.05 Å². The summed E-state index contributed by atoms with van der Waals surface area (Å²) in [6.07, 6.45) is 13.8. The summed E-state index contributed by atoms with van der Waals surface area (Å²) in [7, 11) is 2.07. The summed E-state index contributed by atoms with van der Waals surface area (Å²) in [5, 5.41) is 7.88. The molecule has 0 spiro atoms. The minimum Gasteiger partial charge on any atom is -0.313 e. The quantitative estimate of drug-likeness (QED) is 0.801. The van der Waals surface area contributed by atoms with Crippen molar-refractivity contribution in [3.8, 4) is 0 Å². The predicted molar refractivity (Wildman–Crippen MR) is 75.5 cm³/mol. The molecule has 0 aromatic carbocycles. The average Bonchev–Trinajstić information content (AvgIpc) is 3.02. The highest BCUT2D eigenvalue weighted by Gasteiger charge is 2.18. The number of aromatic nitrogens is 2. The fraction of sp³-hybridized carbons (Fsp3) is 0.800. The molecule has 0 radical (unpaired) electrons. The lowest BCUT2D eigenvalue weighted by molar-refractivity contribution is 0.427. The SMILES string of the molecule is CCCn1cc(C(CCC2CCCC2)NC)cn1. The maximum absolute atomic E-state index is 4.43. The van der Waals surface area contributed by atoms with E-state index >= 15 is 0 Å². The van der Waals surface area contributed by atoms with E-state index in [2.05, 4.69) is 35.3 Å². The van der Waals surface area contributed by atoms with Crippen molar-refractivity contribution in [3.05, 3.63) is 18.0 Å². The van der Waals surface area contributed by atoms with E-state index in [4.69, 9.17) is 0 Å². The van der Waals surface area contributed by atoms with E-state index < -0.39 is 0 Å². The van der Waals surface area contributed by atoms with Gasteiger partial charge in [0.15, 0.2) is 0 Å². The first kappa shape index (κ1) is 13.6. The van der Waals surface area contributed by atoms with Gasteiger partial charge in [-0.3, -0.25) is 4.68 Å². The zero-order valence-corrected chi connectivity index (χ0v) is 11.9. The first-order valence-electron chi connectivity index (χ1n) is 7.53. The zero-order valence-electron chi connectivity index (χ0n) is 11.9. The van der Waals surface area contributed by atoms with Crippen molar-refractivity contribution >= 4 is 0 Å². The molecule has 1 aromatic rings. The number of aryl methyl sites for hydroxylation is 1. The topological polar surface area (TPSA) is 29.9 Å². The van der Waals surface area contributed by atoms with Crippen molar-refractivity contribution in [3.63, 3.8) is 0 Å². The second-order valence-electron chi connectivity index (χ2n) is 5.61. The standard InChI is InChI=1S/C15H27N3/c1-3-10-18-12-14(11-17-18)15(16-2)9-8-13-6-4-5-7-13/h11-13,15-16H,3-10H2,1-2H3. The zero-order chi connectivity index (χ0) is 12.8. The van der Waals surface area contributed by atoms with Gasteiger partial charge in [-0.25, -0.2) is 0 Å². The molecule has 18 heavy (non-hydrogen) atoms. The predicted octanol–water partition coefficient (Wildman–Crippen LogP) is 3.52. The van der Waals surface area contributed by atoms with Crippen LogP contribution in [-0.4, -0.2) is 16.8 Å². The molecule has 1 aliphatic rings. The molecule has 3 nitrogen and oxygen atoms in total. The number of hydrogen-bond acceptors (Lipinski definition) is 2. The molecule has 1 N–H and O–H groups in total. The molecule has 0 amide bonds. The van der Waals surface area contributed by atoms with Crippen LogP contribution in [0.3, 0.4) is 0 Å². The minimum atomic E-state index is 0.483. The van der Waals surface area contributed by atoms with Gasteiger partial charge in [-0.2, -0.15) is 5.10 Å². The molecule has 1 atom stereocenters. The van der Waals surface area contributed by atoms with E-state index in [1.807, 2.05) is 6.20 Å². The molecule has 102 valence electrons. The van der Waals surface area contributed by atoms with E-state index in [1.165, 1.54) is 44.1 Å². The maximum atomic E-state index is 4.43. The molecular weight excluding hydrogens is 222 g/mol. The van der Waals surface area contributed by atoms with Crippen LogP contribution < -0.4 is 5.32 Å². The van der Waals surface area contributed by atoms with Crippen molar-refractivity contribution in [2.45, 2.75) is 64.5 Å². The first-order chi connectivity index (χ1) is 8.83. The molecule has 1 aliphatic carbocycles. The third-order valence-electron chi connectivity index (χ3n) is 4.20. The number of hydrogen-bond donors (Lipinski definition) is 1. The molecule has 0 saturated heterocycles. The van der Waals surface area contributed by atoms with Crippen LogP contribution in [-0.2, 0) is 6.54 Å². The van der Waals surface area contributed by atoms with Crippen LogP contribution >= 0.6 is 0 Å². The summed E-state index contributed by atoms with van der Waals surface area (Å²) in [6, 6.07) is 0.483. The Morgan fingerprint density at radius 1 is 1.44 bits per heavy atom. The number of nitrogens with one attached hydrogen (secondary N) is 1. The highest BCUT2D eigenvalue weighted by molar-refractivity contribution is 5.10. The summed E-state index contributed by atoms with van der Waals surface area (Å²) < 4.78 is 2.06. The molecule has 1 unspecified atom stereocenters. The molecule has 1 fully saturated rings. The van der Waals surface area contributed by atoms with Crippen molar-refractivity contribution in [2.24, 2.45) is 5.92 Å². The van der Waals surface area contributed by atoms with Gasteiger partial charge in [-0.1, -0.05) is 32.6 Å². The van der Waals surface area contributed by atoms with Crippen molar-refractivity contribution < 1.29 is 0 Å². The smallest absolute Gasteiger partial charge is 0.0537 e. The maximum Gasteiger partial charge on any atom is 0.0537 e. The fourth-order valence-corrected chi connectivity index (χ4v) is 3.09. The molecule has 1 saturated carbocycles. The third kappa shape index (κ3) is 3.58. The summed E-state index contributed by atoms with van der Waals surface area (Å²) in [4.78, 5) is 0. The second kappa shape index (κ2) is 6.93. The Morgan fingerprint density at radius 2 is 2.22 bits per heavy atom. The Kier molecular flexibility index (Phi) is 5.24. The second-order valence-corrected chi connectivity index (χ2v) is 5.61. The van der Waals surface area contributed by atoms with Gasteiger partial charge in [0, 0.05) is 24.3 Å². The lowest BCUT2D eigenvalue weighted by atomic mass is 9.96. The lowest BCUT2D eigenvalue weighted by Crippen LogP contribution is -2.16. The Hall–Kier alpha value is -0.830. The number of nitrogens with zero attached hydrogens (tertiary/aromatic N) is 2. The molecule has 0 bridgehead atoms. The van der Waals surface area contributed by atoms with E-state index in [0.717, 1.165) is 18.9 Å². The number of rotatable bonds is 7. The Balaban J connectivity index is 1.85. The van der Waals surface area contributed by atoms with Crippen molar-refractivity contribution in [1.29, 1.82) is 0 Å². The van der Waals surface area contributed by atoms with Gasteiger partial charge in [0.1, 0.15) is 0 Å². The van der Waals surface area contributed by atoms with Crippen LogP contribution in [0.5, 0.6) is 0 Å². The lowest BCUT2D eigenvalue weighted by Gasteiger charge is -2.17. The molecule has 1 heterocycles. The highest BCUT2D eigenvalue weighted by atomic mass is 15.3. The van der Waals surface area contributed by atoms with Crippen LogP contribution in [0.15, 0.2) is 12.4 Å². The molecule has 1 aromatic heterocycles. The van der Waals surface area contributed by atoms with E-state index in [-0.39, 0.29) is 0 Å². The molecule has 0 aliphatic heterocycles. The third-order valence-corrected chi connectivity index (χ3v) is 4.20. The minimum absolute atomic E-state index is 0.483. The Labute approximate surface area is 111 Å². The monoisotopic (exact) mass is 249 g/mol. The summed E-state index contributed by atoms with van der Waals surface area (Å²) in [6.45, 7) is 3.22. The molecule has 2 rings (SSSR count). The summed E-state index contributed by atoms with van der Waals surface area (Å²) >= 11 is 0. The van der Waals surface area contributed by atoms with E-state index in [0.29, 0.717) is 6.04 Å². The van der Waals surface area contributed by atoms with E-state index in [9.17, 15) is 0 Å². The van der Waals surface area contributed by atoms with Gasteiger partial charge < -0.3 is 5.32 Å². The Morgan fingerprint density at radius 3 is 2.89 bits per heavy atom. The van der Waals surface area contributed by atoms with Crippen LogP contribution in [0.4, 0.5) is 0 Å². The fourth-order valence-electron chi connectivity index (χ4n) is 3.09. The van der Waals surface area contributed by atoms with Crippen LogP contribution in [0, 0.1) is 5.92 Å². The van der Waals surface area contributed by atoms with Gasteiger partial charge in [-0.05, 0) is 32.2 Å². The van der Waals surface area contributed by atoms with Crippen LogP contribution in [0.1, 0.15) is 63.5 Å². The molecule has 3 heteroatoms. The van der Waals surface area contributed by atoms with Gasteiger partial charge in [0.25, 0.3) is 0 Å². The average molecular weight is 249 g/mol. The van der Waals surface area contributed by atoms with Gasteiger partial charge in [-0.15, -0.1) is 0 Å². The highest BCUT2D eigenvalue weighted by Crippen LogP contribution is 2.31. The largest absolute Gasteiger partial charge is 0.313 e. The summed E-state index contributed by atoms with van der Waals surface area (Å²) in [5.74, 6) is 0.978. The van der Waals surface area contributed by atoms with E-state index in [1.54, 1.807) is 0 Å². The first-order valence-corrected chi connectivity index (χ1v) is 7.53. The van der Waals surface area contributed by atoms with Crippen molar-refractivity contribution in [1.82, 2.24) is 15.1 Å². The van der Waals surface area contributed by atoms with Crippen LogP contribution in [0.25, 0.3) is 0 Å². The van der Waals surface area contributed by atoms with Crippen LogP contribution in [0.2, 0.25) is 0 Å². The van der Waals surface area contributed by atoms with Gasteiger partial charge >= 0.3 is 0 Å². The summed E-state index contributed by atoms with van der Waals surface area (Å²) in [5.41, 5.74) is 1.35. The Bertz CT molecular complexity index is 339. The molecular formula is C15H27N3. The normalized spacial score (nSPS) is 18.3. The van der Waals surface area contributed by atoms with Gasteiger partial charge in [0.2, 0.25) is 0 Å². The van der Waals surface area contributed by atoms with Gasteiger partial charge in [0.05, 0.1) is 6.20 Å².